The maximum absolute atomic E-state index is 13.0. The van der Waals surface area contributed by atoms with Crippen molar-refractivity contribution in [1.29, 1.82) is 0 Å². The maximum Gasteiger partial charge on any atom is 0.416 e. The fourth-order valence-corrected chi connectivity index (χ4v) is 3.08. The summed E-state index contributed by atoms with van der Waals surface area (Å²) in [4.78, 5) is 15.1. The van der Waals surface area contributed by atoms with E-state index < -0.39 is 11.7 Å². The molecule has 1 aromatic carbocycles. The molecule has 27 heavy (non-hydrogen) atoms. The first-order valence-corrected chi connectivity index (χ1v) is 8.47. The van der Waals surface area contributed by atoms with Crippen LogP contribution in [0.3, 0.4) is 0 Å². The van der Waals surface area contributed by atoms with Gasteiger partial charge < -0.3 is 16.0 Å². The summed E-state index contributed by atoms with van der Waals surface area (Å²) >= 11 is 0. The predicted octanol–water partition coefficient (Wildman–Crippen LogP) is 3.32. The highest BCUT2D eigenvalue weighted by Crippen LogP contribution is 2.32. The zero-order valence-corrected chi connectivity index (χ0v) is 14.2. The monoisotopic (exact) mass is 374 g/mol. The lowest BCUT2D eigenvalue weighted by Crippen LogP contribution is -2.27. The first kappa shape index (κ1) is 17.5. The van der Waals surface area contributed by atoms with Gasteiger partial charge >= 0.3 is 6.18 Å². The quantitative estimate of drug-likeness (QED) is 0.732. The van der Waals surface area contributed by atoms with Gasteiger partial charge in [0, 0.05) is 37.2 Å². The van der Waals surface area contributed by atoms with E-state index in [0.717, 1.165) is 25.1 Å². The number of nitrogens with two attached hydrogens (primary N) is 1. The third kappa shape index (κ3) is 3.63. The van der Waals surface area contributed by atoms with Crippen LogP contribution >= 0.6 is 0 Å². The van der Waals surface area contributed by atoms with Crippen LogP contribution in [0.5, 0.6) is 0 Å². The molecule has 3 aromatic rings. The van der Waals surface area contributed by atoms with Crippen LogP contribution in [0.1, 0.15) is 12.0 Å². The molecule has 0 spiro atoms. The summed E-state index contributed by atoms with van der Waals surface area (Å²) < 4.78 is 38.9. The molecule has 4 rings (SSSR count). The Morgan fingerprint density at radius 2 is 2.04 bits per heavy atom. The number of fused-ring (bicyclic) bond motifs is 1. The Hall–Kier alpha value is -2.94. The van der Waals surface area contributed by atoms with Crippen molar-refractivity contribution in [2.45, 2.75) is 18.6 Å². The SMILES string of the molecule is N[C@@H]1CCN(c2nc(Nc3cccc(C(F)(F)F)c3)c3cnccc3n2)C1. The van der Waals surface area contributed by atoms with Crippen LogP contribution in [0, 0.1) is 0 Å². The van der Waals surface area contributed by atoms with Gasteiger partial charge in [0.05, 0.1) is 16.5 Å². The molecule has 1 saturated heterocycles. The number of benzene rings is 1. The minimum absolute atomic E-state index is 0.0570. The van der Waals surface area contributed by atoms with Crippen molar-refractivity contribution in [3.8, 4) is 0 Å². The first-order valence-electron chi connectivity index (χ1n) is 8.47. The summed E-state index contributed by atoms with van der Waals surface area (Å²) in [6.07, 6.45) is -0.369. The van der Waals surface area contributed by atoms with Gasteiger partial charge in [0.25, 0.3) is 0 Å². The van der Waals surface area contributed by atoms with Crippen molar-refractivity contribution < 1.29 is 13.2 Å². The van der Waals surface area contributed by atoms with Gasteiger partial charge in [0.15, 0.2) is 0 Å². The molecule has 0 bridgehead atoms. The minimum Gasteiger partial charge on any atom is -0.339 e. The van der Waals surface area contributed by atoms with Gasteiger partial charge in [-0.25, -0.2) is 4.98 Å². The van der Waals surface area contributed by atoms with Crippen molar-refractivity contribution in [3.63, 3.8) is 0 Å². The average molecular weight is 374 g/mol. The number of aromatic nitrogens is 3. The Balaban J connectivity index is 1.74. The number of halogens is 3. The fourth-order valence-electron chi connectivity index (χ4n) is 3.08. The number of nitrogens with one attached hydrogen (secondary N) is 1. The summed E-state index contributed by atoms with van der Waals surface area (Å²) in [6, 6.07) is 6.80. The standard InChI is InChI=1S/C18H17F3N6/c19-18(20,21)11-2-1-3-13(8-11)24-16-14-9-23-6-4-15(14)25-17(26-16)27-7-5-12(22)10-27/h1-4,6,8-9,12H,5,7,10,22H2,(H,24,25,26)/t12-/m1/s1. The van der Waals surface area contributed by atoms with Crippen molar-refractivity contribution in [2.24, 2.45) is 5.73 Å². The average Bonchev–Trinajstić information content (AvgIpc) is 3.08. The summed E-state index contributed by atoms with van der Waals surface area (Å²) in [7, 11) is 0. The Labute approximate surface area is 153 Å². The summed E-state index contributed by atoms with van der Waals surface area (Å²) in [6.45, 7) is 1.38. The van der Waals surface area contributed by atoms with E-state index in [4.69, 9.17) is 5.73 Å². The molecule has 6 nitrogen and oxygen atoms in total. The normalized spacial score (nSPS) is 17.5. The van der Waals surface area contributed by atoms with E-state index in [0.29, 0.717) is 29.2 Å². The molecule has 1 atom stereocenters. The number of nitrogens with zero attached hydrogens (tertiary/aromatic N) is 4. The molecule has 0 unspecified atom stereocenters. The van der Waals surface area contributed by atoms with E-state index in [1.54, 1.807) is 24.5 Å². The summed E-state index contributed by atoms with van der Waals surface area (Å²) in [5.74, 6) is 0.902. The Morgan fingerprint density at radius 3 is 2.78 bits per heavy atom. The molecule has 1 aliphatic rings. The van der Waals surface area contributed by atoms with E-state index in [9.17, 15) is 13.2 Å². The number of hydrogen-bond donors (Lipinski definition) is 2. The Bertz CT molecular complexity index is 975. The number of alkyl halides is 3. The minimum atomic E-state index is -4.41. The van der Waals surface area contributed by atoms with Gasteiger partial charge in [0.2, 0.25) is 5.95 Å². The third-order valence-corrected chi connectivity index (χ3v) is 4.45. The van der Waals surface area contributed by atoms with Crippen molar-refractivity contribution in [2.75, 3.05) is 23.3 Å². The lowest BCUT2D eigenvalue weighted by molar-refractivity contribution is -0.137. The van der Waals surface area contributed by atoms with Gasteiger partial charge in [-0.1, -0.05) is 6.07 Å². The van der Waals surface area contributed by atoms with Crippen molar-refractivity contribution in [3.05, 3.63) is 48.3 Å². The summed E-state index contributed by atoms with van der Waals surface area (Å²) in [5.41, 5.74) is 6.18. The first-order chi connectivity index (χ1) is 12.9. The zero-order valence-electron chi connectivity index (χ0n) is 14.2. The molecule has 2 aromatic heterocycles. The van der Waals surface area contributed by atoms with Crippen LogP contribution in [0.2, 0.25) is 0 Å². The second-order valence-electron chi connectivity index (χ2n) is 6.46. The second-order valence-corrected chi connectivity index (χ2v) is 6.46. The molecule has 9 heteroatoms. The van der Waals surface area contributed by atoms with Gasteiger partial charge in [-0.15, -0.1) is 0 Å². The van der Waals surface area contributed by atoms with Gasteiger partial charge in [-0.2, -0.15) is 18.2 Å². The molecule has 0 amide bonds. The molecule has 1 aliphatic heterocycles. The van der Waals surface area contributed by atoms with E-state index in [1.165, 1.54) is 6.07 Å². The molecule has 3 N–H and O–H groups in total. The van der Waals surface area contributed by atoms with Crippen molar-refractivity contribution in [1.82, 2.24) is 15.0 Å². The van der Waals surface area contributed by atoms with Crippen LogP contribution in [0.15, 0.2) is 42.7 Å². The van der Waals surface area contributed by atoms with Crippen LogP contribution in [0.25, 0.3) is 10.9 Å². The predicted molar refractivity (Wildman–Crippen MR) is 96.9 cm³/mol. The largest absolute Gasteiger partial charge is 0.416 e. The number of rotatable bonds is 3. The smallest absolute Gasteiger partial charge is 0.339 e. The number of hydrogen-bond acceptors (Lipinski definition) is 6. The van der Waals surface area contributed by atoms with E-state index in [1.807, 2.05) is 4.90 Å². The molecular formula is C18H17F3N6. The number of pyridine rings is 1. The summed E-state index contributed by atoms with van der Waals surface area (Å²) in [5, 5.41) is 3.61. The lowest BCUT2D eigenvalue weighted by atomic mass is 10.2. The van der Waals surface area contributed by atoms with E-state index in [2.05, 4.69) is 20.3 Å². The van der Waals surface area contributed by atoms with Crippen molar-refractivity contribution >= 4 is 28.4 Å². The molecule has 0 aliphatic carbocycles. The van der Waals surface area contributed by atoms with E-state index >= 15 is 0 Å². The van der Waals surface area contributed by atoms with Gasteiger partial charge in [-0.05, 0) is 30.7 Å². The second kappa shape index (κ2) is 6.66. The zero-order chi connectivity index (χ0) is 19.0. The third-order valence-electron chi connectivity index (χ3n) is 4.45. The van der Waals surface area contributed by atoms with Crippen LogP contribution < -0.4 is 16.0 Å². The van der Waals surface area contributed by atoms with Crippen LogP contribution in [0.4, 0.5) is 30.6 Å². The van der Waals surface area contributed by atoms with E-state index in [-0.39, 0.29) is 11.7 Å². The van der Waals surface area contributed by atoms with Gasteiger partial charge in [0.1, 0.15) is 5.82 Å². The Morgan fingerprint density at radius 1 is 1.19 bits per heavy atom. The molecule has 0 radical (unpaired) electrons. The fraction of sp³-hybridized carbons (Fsp3) is 0.278. The molecule has 3 heterocycles. The lowest BCUT2D eigenvalue weighted by Gasteiger charge is -2.18. The molecule has 140 valence electrons. The molecule has 0 saturated carbocycles. The highest BCUT2D eigenvalue weighted by Gasteiger charge is 2.30. The molecular weight excluding hydrogens is 357 g/mol. The van der Waals surface area contributed by atoms with Gasteiger partial charge in [-0.3, -0.25) is 4.98 Å². The van der Waals surface area contributed by atoms with Crippen LogP contribution in [-0.2, 0) is 6.18 Å². The molecule has 1 fully saturated rings. The maximum atomic E-state index is 13.0. The Kier molecular flexibility index (Phi) is 4.31. The topological polar surface area (TPSA) is 80.0 Å². The van der Waals surface area contributed by atoms with Crippen LogP contribution in [-0.4, -0.2) is 34.1 Å². The number of anilines is 3. The highest BCUT2D eigenvalue weighted by atomic mass is 19.4. The highest BCUT2D eigenvalue weighted by molar-refractivity contribution is 5.91.